The number of ether oxygens (including phenoxy) is 1. The van der Waals surface area contributed by atoms with E-state index in [4.69, 9.17) is 4.74 Å². The minimum Gasteiger partial charge on any atom is -0.497 e. The van der Waals surface area contributed by atoms with Crippen LogP contribution in [0.3, 0.4) is 0 Å². The Morgan fingerprint density at radius 2 is 2.05 bits per heavy atom. The molecule has 1 aromatic carbocycles. The molecule has 1 aliphatic rings. The van der Waals surface area contributed by atoms with Gasteiger partial charge in [0.25, 0.3) is 0 Å². The Morgan fingerprint density at radius 3 is 2.60 bits per heavy atom. The van der Waals surface area contributed by atoms with Crippen LogP contribution in [-0.2, 0) is 17.2 Å². The quantitative estimate of drug-likeness (QED) is 0.932. The molecule has 0 saturated heterocycles. The van der Waals surface area contributed by atoms with E-state index in [9.17, 15) is 4.21 Å². The lowest BCUT2D eigenvalue weighted by atomic mass is 9.87. The number of hydrogen-bond donors (Lipinski definition) is 1. The molecule has 0 radical (unpaired) electrons. The number of benzene rings is 1. The summed E-state index contributed by atoms with van der Waals surface area (Å²) in [7, 11) is 2.79. The highest BCUT2D eigenvalue weighted by atomic mass is 32.2. The molecule has 4 heteroatoms. The molecular formula is C16H25NO2S. The average Bonchev–Trinajstić information content (AvgIpc) is 2.43. The van der Waals surface area contributed by atoms with Crippen molar-refractivity contribution in [2.24, 2.45) is 0 Å². The van der Waals surface area contributed by atoms with E-state index >= 15 is 0 Å². The van der Waals surface area contributed by atoms with Crippen molar-refractivity contribution >= 4 is 10.8 Å². The van der Waals surface area contributed by atoms with Crippen LogP contribution in [0, 0.1) is 0 Å². The van der Waals surface area contributed by atoms with Crippen LogP contribution in [-0.4, -0.2) is 28.4 Å². The minimum absolute atomic E-state index is 0.157. The summed E-state index contributed by atoms with van der Waals surface area (Å²) in [6.07, 6.45) is 1.92. The van der Waals surface area contributed by atoms with Crippen molar-refractivity contribution in [3.05, 3.63) is 29.3 Å². The van der Waals surface area contributed by atoms with Gasteiger partial charge < -0.3 is 10.1 Å². The number of methoxy groups -OCH3 is 1. The third-order valence-corrected chi connectivity index (χ3v) is 6.21. The van der Waals surface area contributed by atoms with Crippen molar-refractivity contribution in [1.82, 2.24) is 5.32 Å². The smallest absolute Gasteiger partial charge is 0.119 e. The molecule has 1 N–H and O–H groups in total. The van der Waals surface area contributed by atoms with E-state index in [2.05, 4.69) is 38.2 Å². The van der Waals surface area contributed by atoms with Gasteiger partial charge in [-0.25, -0.2) is 0 Å². The Balaban J connectivity index is 2.35. The van der Waals surface area contributed by atoms with Gasteiger partial charge in [-0.3, -0.25) is 4.21 Å². The largest absolute Gasteiger partial charge is 0.497 e. The lowest BCUT2D eigenvalue weighted by Gasteiger charge is -2.36. The van der Waals surface area contributed by atoms with Crippen LogP contribution >= 0.6 is 0 Å². The fourth-order valence-corrected chi connectivity index (χ4v) is 4.69. The van der Waals surface area contributed by atoms with Crippen molar-refractivity contribution in [1.29, 1.82) is 0 Å². The molecule has 0 amide bonds. The highest BCUT2D eigenvalue weighted by Gasteiger charge is 2.37. The van der Waals surface area contributed by atoms with E-state index in [1.165, 1.54) is 11.1 Å². The van der Waals surface area contributed by atoms with Gasteiger partial charge in [-0.15, -0.1) is 0 Å². The van der Waals surface area contributed by atoms with Gasteiger partial charge in [-0.1, -0.05) is 6.07 Å². The van der Waals surface area contributed by atoms with Crippen LogP contribution in [0.1, 0.15) is 44.4 Å². The predicted molar refractivity (Wildman–Crippen MR) is 84.8 cm³/mol. The van der Waals surface area contributed by atoms with Crippen LogP contribution in [0.2, 0.25) is 0 Å². The molecule has 3 atom stereocenters. The van der Waals surface area contributed by atoms with E-state index < -0.39 is 10.8 Å². The van der Waals surface area contributed by atoms with Crippen molar-refractivity contribution in [3.63, 3.8) is 0 Å². The van der Waals surface area contributed by atoms with E-state index in [0.29, 0.717) is 0 Å². The Labute approximate surface area is 124 Å². The normalized spacial score (nSPS) is 24.1. The first-order valence-corrected chi connectivity index (χ1v) is 8.34. The van der Waals surface area contributed by atoms with E-state index in [1.54, 1.807) is 7.11 Å². The number of hydrogen-bond acceptors (Lipinski definition) is 3. The number of fused-ring (bicyclic) bond motifs is 1. The van der Waals surface area contributed by atoms with Crippen molar-refractivity contribution in [2.75, 3.05) is 14.2 Å². The molecule has 20 heavy (non-hydrogen) atoms. The third-order valence-electron chi connectivity index (χ3n) is 3.94. The Bertz CT molecular complexity index is 508. The molecule has 0 aliphatic heterocycles. The maximum absolute atomic E-state index is 12.8. The molecule has 3 nitrogen and oxygen atoms in total. The first-order valence-electron chi connectivity index (χ1n) is 7.13. The number of aryl methyl sites for hydroxylation is 1. The molecular weight excluding hydrogens is 270 g/mol. The van der Waals surface area contributed by atoms with Gasteiger partial charge >= 0.3 is 0 Å². The topological polar surface area (TPSA) is 38.3 Å². The van der Waals surface area contributed by atoms with E-state index in [1.807, 2.05) is 13.1 Å². The molecule has 0 bridgehead atoms. The highest BCUT2D eigenvalue weighted by molar-refractivity contribution is 7.87. The van der Waals surface area contributed by atoms with Gasteiger partial charge in [0.05, 0.1) is 12.4 Å². The summed E-state index contributed by atoms with van der Waals surface area (Å²) in [6.45, 7) is 6.16. The fraction of sp³-hybridized carbons (Fsp3) is 0.625. The summed E-state index contributed by atoms with van der Waals surface area (Å²) in [5.74, 6) is 0.897. The maximum atomic E-state index is 12.8. The zero-order chi connectivity index (χ0) is 14.9. The minimum atomic E-state index is -0.862. The van der Waals surface area contributed by atoms with Gasteiger partial charge in [0.15, 0.2) is 0 Å². The van der Waals surface area contributed by atoms with Crippen LogP contribution in [0.4, 0.5) is 0 Å². The second-order valence-corrected chi connectivity index (χ2v) is 8.74. The molecule has 2 rings (SSSR count). The fourth-order valence-electron chi connectivity index (χ4n) is 2.92. The summed E-state index contributed by atoms with van der Waals surface area (Å²) < 4.78 is 17.9. The van der Waals surface area contributed by atoms with Gasteiger partial charge in [0, 0.05) is 21.6 Å². The summed E-state index contributed by atoms with van der Waals surface area (Å²) in [5, 5.41) is 3.53. The predicted octanol–water partition coefficient (Wildman–Crippen LogP) is 2.82. The van der Waals surface area contributed by atoms with Crippen molar-refractivity contribution < 1.29 is 8.95 Å². The first kappa shape index (κ1) is 15.5. The molecule has 112 valence electrons. The molecule has 0 heterocycles. The zero-order valence-corrected chi connectivity index (χ0v) is 13.8. The highest BCUT2D eigenvalue weighted by Crippen LogP contribution is 2.37. The van der Waals surface area contributed by atoms with E-state index in [-0.39, 0.29) is 16.0 Å². The molecule has 0 fully saturated rings. The Kier molecular flexibility index (Phi) is 4.55. The monoisotopic (exact) mass is 295 g/mol. The lowest BCUT2D eigenvalue weighted by Crippen LogP contribution is -2.42. The summed E-state index contributed by atoms with van der Waals surface area (Å²) >= 11 is 0. The van der Waals surface area contributed by atoms with Crippen LogP contribution in [0.25, 0.3) is 0 Å². The second-order valence-electron chi connectivity index (χ2n) is 6.32. The molecule has 1 aromatic rings. The van der Waals surface area contributed by atoms with Gasteiger partial charge in [-0.05, 0) is 63.9 Å². The van der Waals surface area contributed by atoms with Crippen LogP contribution in [0.5, 0.6) is 5.75 Å². The third kappa shape index (κ3) is 2.91. The van der Waals surface area contributed by atoms with Gasteiger partial charge in [0.1, 0.15) is 5.75 Å². The number of nitrogens with one attached hydrogen (secondary N) is 1. The maximum Gasteiger partial charge on any atom is 0.119 e. The van der Waals surface area contributed by atoms with Gasteiger partial charge in [-0.2, -0.15) is 0 Å². The van der Waals surface area contributed by atoms with Crippen LogP contribution in [0.15, 0.2) is 18.2 Å². The van der Waals surface area contributed by atoms with Crippen LogP contribution < -0.4 is 10.1 Å². The van der Waals surface area contributed by atoms with E-state index in [0.717, 1.165) is 18.6 Å². The zero-order valence-electron chi connectivity index (χ0n) is 13.0. The van der Waals surface area contributed by atoms with Gasteiger partial charge in [0.2, 0.25) is 0 Å². The first-order chi connectivity index (χ1) is 9.38. The summed E-state index contributed by atoms with van der Waals surface area (Å²) in [4.78, 5) is 0. The lowest BCUT2D eigenvalue weighted by molar-refractivity contribution is 0.412. The summed E-state index contributed by atoms with van der Waals surface area (Å²) in [6, 6.07) is 6.37. The molecule has 0 spiro atoms. The molecule has 0 aromatic heterocycles. The Morgan fingerprint density at radius 1 is 1.35 bits per heavy atom. The van der Waals surface area contributed by atoms with Crippen molar-refractivity contribution in [2.45, 2.75) is 49.7 Å². The standard InChI is InChI=1S/C16H25NO2S/c1-16(2,3)20(18)14-9-6-11-10-12(19-5)7-8-13(11)15(14)17-4/h7-8,10,14-15,17H,6,9H2,1-5H3. The van der Waals surface area contributed by atoms with Crippen molar-refractivity contribution in [3.8, 4) is 5.75 Å². The summed E-state index contributed by atoms with van der Waals surface area (Å²) in [5.41, 5.74) is 2.58. The average molecular weight is 295 g/mol. The SMILES string of the molecule is CNC1c2ccc(OC)cc2CCC1S(=O)C(C)(C)C. The Hall–Kier alpha value is -0.870. The second kappa shape index (κ2) is 5.86. The molecule has 3 unspecified atom stereocenters. The number of rotatable bonds is 3. The molecule has 0 saturated carbocycles. The molecule has 1 aliphatic carbocycles.